The van der Waals surface area contributed by atoms with E-state index >= 15 is 0 Å². The van der Waals surface area contributed by atoms with E-state index in [1.165, 1.54) is 6.42 Å². The van der Waals surface area contributed by atoms with Crippen LogP contribution in [0, 0.1) is 12.3 Å². The molecule has 0 aromatic carbocycles. The van der Waals surface area contributed by atoms with Crippen molar-refractivity contribution in [2.75, 3.05) is 5.32 Å². The van der Waals surface area contributed by atoms with E-state index in [1.807, 2.05) is 6.92 Å². The summed E-state index contributed by atoms with van der Waals surface area (Å²) in [5.41, 5.74) is 0.390. The van der Waals surface area contributed by atoms with Crippen LogP contribution in [0.3, 0.4) is 0 Å². The largest absolute Gasteiger partial charge is 0.477 e. The first-order valence-corrected chi connectivity index (χ1v) is 7.39. The van der Waals surface area contributed by atoms with Crippen LogP contribution in [-0.4, -0.2) is 17.0 Å². The van der Waals surface area contributed by atoms with Gasteiger partial charge in [0.1, 0.15) is 4.88 Å². The van der Waals surface area contributed by atoms with Crippen LogP contribution in [0.2, 0.25) is 0 Å². The predicted octanol–water partition coefficient (Wildman–Crippen LogP) is 3.66. The van der Waals surface area contributed by atoms with Gasteiger partial charge >= 0.3 is 5.97 Å². The van der Waals surface area contributed by atoms with E-state index in [4.69, 9.17) is 5.11 Å². The Bertz CT molecular complexity index is 501. The minimum absolute atomic E-state index is 0.0189. The fourth-order valence-electron chi connectivity index (χ4n) is 2.58. The van der Waals surface area contributed by atoms with Crippen LogP contribution in [0.25, 0.3) is 0 Å². The number of thiophene rings is 1. The Kier molecular flexibility index (Phi) is 3.94. The first-order chi connectivity index (χ1) is 8.92. The van der Waals surface area contributed by atoms with Crippen molar-refractivity contribution in [2.45, 2.75) is 46.0 Å². The van der Waals surface area contributed by atoms with Crippen LogP contribution >= 0.6 is 11.3 Å². The maximum absolute atomic E-state index is 12.3. The van der Waals surface area contributed by atoms with E-state index in [9.17, 15) is 9.59 Å². The van der Waals surface area contributed by atoms with Gasteiger partial charge in [-0.2, -0.15) is 0 Å². The van der Waals surface area contributed by atoms with Gasteiger partial charge in [-0.05, 0) is 31.4 Å². The van der Waals surface area contributed by atoms with Gasteiger partial charge in [-0.15, -0.1) is 11.3 Å². The van der Waals surface area contributed by atoms with Gasteiger partial charge in [-0.3, -0.25) is 4.79 Å². The lowest BCUT2D eigenvalue weighted by Crippen LogP contribution is -2.35. The zero-order valence-corrected chi connectivity index (χ0v) is 12.1. The molecular formula is C14H19NO3S. The van der Waals surface area contributed by atoms with Gasteiger partial charge in [0.25, 0.3) is 0 Å². The average Bonchev–Trinajstić information content (AvgIpc) is 2.71. The zero-order valence-electron chi connectivity index (χ0n) is 11.3. The zero-order chi connectivity index (χ0) is 14.0. The van der Waals surface area contributed by atoms with Gasteiger partial charge < -0.3 is 10.4 Å². The van der Waals surface area contributed by atoms with Crippen LogP contribution in [-0.2, 0) is 4.79 Å². The number of carbonyl (C=O) groups excluding carboxylic acids is 1. The van der Waals surface area contributed by atoms with Gasteiger partial charge in [0.15, 0.2) is 0 Å². The SMILES string of the molecule is Cc1cc(NC(=O)C2(C)CCCCC2)sc1C(=O)O. The van der Waals surface area contributed by atoms with Crippen LogP contribution in [0.5, 0.6) is 0 Å². The third kappa shape index (κ3) is 2.97. The predicted molar refractivity (Wildman–Crippen MR) is 75.8 cm³/mol. The molecule has 2 rings (SSSR count). The number of hydrogen-bond donors (Lipinski definition) is 2. The van der Waals surface area contributed by atoms with Crippen molar-refractivity contribution in [1.29, 1.82) is 0 Å². The molecule has 1 aromatic heterocycles. The molecule has 0 radical (unpaired) electrons. The Labute approximate surface area is 116 Å². The molecule has 1 aromatic rings. The Hall–Kier alpha value is -1.36. The quantitative estimate of drug-likeness (QED) is 0.888. The third-order valence-electron chi connectivity index (χ3n) is 3.85. The van der Waals surface area contributed by atoms with E-state index in [1.54, 1.807) is 13.0 Å². The molecule has 1 aliphatic rings. The number of rotatable bonds is 3. The molecule has 1 aliphatic carbocycles. The van der Waals surface area contributed by atoms with Crippen molar-refractivity contribution in [1.82, 2.24) is 0 Å². The molecule has 0 saturated heterocycles. The fourth-order valence-corrected chi connectivity index (χ4v) is 3.48. The standard InChI is InChI=1S/C14H19NO3S/c1-9-8-10(19-11(9)12(16)17)15-13(18)14(2)6-4-3-5-7-14/h8H,3-7H2,1-2H3,(H,15,18)(H,16,17). The summed E-state index contributed by atoms with van der Waals surface area (Å²) in [4.78, 5) is 23.6. The Morgan fingerprint density at radius 1 is 1.32 bits per heavy atom. The first kappa shape index (κ1) is 14.1. The molecule has 104 valence electrons. The van der Waals surface area contributed by atoms with E-state index in [0.29, 0.717) is 15.4 Å². The molecule has 19 heavy (non-hydrogen) atoms. The molecule has 1 heterocycles. The molecule has 0 spiro atoms. The molecular weight excluding hydrogens is 262 g/mol. The Morgan fingerprint density at radius 3 is 2.47 bits per heavy atom. The summed E-state index contributed by atoms with van der Waals surface area (Å²) in [6, 6.07) is 1.73. The van der Waals surface area contributed by atoms with E-state index in [0.717, 1.165) is 37.0 Å². The Morgan fingerprint density at radius 2 is 1.95 bits per heavy atom. The molecule has 1 saturated carbocycles. The minimum Gasteiger partial charge on any atom is -0.477 e. The lowest BCUT2D eigenvalue weighted by molar-refractivity contribution is -0.126. The van der Waals surface area contributed by atoms with Crippen molar-refractivity contribution in [3.8, 4) is 0 Å². The number of amides is 1. The summed E-state index contributed by atoms with van der Waals surface area (Å²) in [6.07, 6.45) is 5.20. The highest BCUT2D eigenvalue weighted by atomic mass is 32.1. The van der Waals surface area contributed by atoms with E-state index in [-0.39, 0.29) is 11.3 Å². The monoisotopic (exact) mass is 281 g/mol. The van der Waals surface area contributed by atoms with Gasteiger partial charge in [0, 0.05) is 5.41 Å². The van der Waals surface area contributed by atoms with Crippen molar-refractivity contribution < 1.29 is 14.7 Å². The number of carbonyl (C=O) groups is 2. The third-order valence-corrected chi connectivity index (χ3v) is 4.99. The fraction of sp³-hybridized carbons (Fsp3) is 0.571. The minimum atomic E-state index is -0.938. The highest BCUT2D eigenvalue weighted by Gasteiger charge is 2.34. The molecule has 0 bridgehead atoms. The molecule has 1 fully saturated rings. The summed E-state index contributed by atoms with van der Waals surface area (Å²) < 4.78 is 0. The summed E-state index contributed by atoms with van der Waals surface area (Å²) in [5.74, 6) is -0.919. The molecule has 0 unspecified atom stereocenters. The summed E-state index contributed by atoms with van der Waals surface area (Å²) in [6.45, 7) is 3.75. The highest BCUT2D eigenvalue weighted by molar-refractivity contribution is 7.18. The number of anilines is 1. The number of aromatic carboxylic acids is 1. The first-order valence-electron chi connectivity index (χ1n) is 6.57. The lowest BCUT2D eigenvalue weighted by atomic mass is 9.75. The van der Waals surface area contributed by atoms with Crippen molar-refractivity contribution in [3.05, 3.63) is 16.5 Å². The molecule has 4 nitrogen and oxygen atoms in total. The van der Waals surface area contributed by atoms with Crippen molar-refractivity contribution in [2.24, 2.45) is 5.41 Å². The number of hydrogen-bond acceptors (Lipinski definition) is 3. The topological polar surface area (TPSA) is 66.4 Å². The number of carboxylic acids is 1. The van der Waals surface area contributed by atoms with E-state index < -0.39 is 5.97 Å². The molecule has 0 aliphatic heterocycles. The van der Waals surface area contributed by atoms with Crippen molar-refractivity contribution >= 4 is 28.2 Å². The Balaban J connectivity index is 2.10. The number of nitrogens with one attached hydrogen (secondary N) is 1. The second-order valence-corrected chi connectivity index (χ2v) is 6.56. The van der Waals surface area contributed by atoms with Crippen LogP contribution in [0.1, 0.15) is 54.3 Å². The summed E-state index contributed by atoms with van der Waals surface area (Å²) >= 11 is 1.13. The molecule has 1 amide bonds. The normalized spacial score (nSPS) is 18.0. The van der Waals surface area contributed by atoms with Crippen LogP contribution < -0.4 is 5.32 Å². The van der Waals surface area contributed by atoms with Crippen molar-refractivity contribution in [3.63, 3.8) is 0 Å². The lowest BCUT2D eigenvalue weighted by Gasteiger charge is -2.31. The second kappa shape index (κ2) is 5.33. The van der Waals surface area contributed by atoms with Crippen LogP contribution in [0.15, 0.2) is 6.07 Å². The van der Waals surface area contributed by atoms with E-state index in [2.05, 4.69) is 5.32 Å². The van der Waals surface area contributed by atoms with Crippen LogP contribution in [0.4, 0.5) is 5.00 Å². The van der Waals surface area contributed by atoms with Gasteiger partial charge in [-0.25, -0.2) is 4.79 Å². The summed E-state index contributed by atoms with van der Waals surface area (Å²) in [5, 5.41) is 12.5. The van der Waals surface area contributed by atoms with Gasteiger partial charge in [-0.1, -0.05) is 26.2 Å². The number of aryl methyl sites for hydroxylation is 1. The average molecular weight is 281 g/mol. The highest BCUT2D eigenvalue weighted by Crippen LogP contribution is 2.37. The second-order valence-electron chi connectivity index (χ2n) is 5.50. The molecule has 5 heteroatoms. The van der Waals surface area contributed by atoms with Gasteiger partial charge in [0.05, 0.1) is 5.00 Å². The molecule has 0 atom stereocenters. The summed E-state index contributed by atoms with van der Waals surface area (Å²) in [7, 11) is 0. The maximum atomic E-state index is 12.3. The van der Waals surface area contributed by atoms with Gasteiger partial charge in [0.2, 0.25) is 5.91 Å². The smallest absolute Gasteiger partial charge is 0.346 e. The number of carboxylic acid groups (broad SMARTS) is 1. The molecule has 2 N–H and O–H groups in total. The maximum Gasteiger partial charge on any atom is 0.346 e.